The molecule has 34 heavy (non-hydrogen) atoms. The lowest BCUT2D eigenvalue weighted by Crippen LogP contribution is -2.54. The summed E-state index contributed by atoms with van der Waals surface area (Å²) in [6, 6.07) is 14.4. The molecule has 2 aromatic carbocycles. The molecule has 1 heterocycles. The molecule has 7 nitrogen and oxygen atoms in total. The van der Waals surface area contributed by atoms with Crippen LogP contribution in [0.15, 0.2) is 48.5 Å². The lowest BCUT2D eigenvalue weighted by molar-refractivity contribution is -0.149. The fourth-order valence-electron chi connectivity index (χ4n) is 4.82. The number of carbonyl (C=O) groups excluding carboxylic acids is 2. The van der Waals surface area contributed by atoms with Gasteiger partial charge in [-0.3, -0.25) is 4.79 Å². The maximum absolute atomic E-state index is 13.3. The zero-order valence-corrected chi connectivity index (χ0v) is 20.4. The quantitative estimate of drug-likeness (QED) is 0.610. The van der Waals surface area contributed by atoms with Crippen LogP contribution in [0, 0.1) is 5.92 Å². The van der Waals surface area contributed by atoms with Gasteiger partial charge in [0.15, 0.2) is 0 Å². The third kappa shape index (κ3) is 4.78. The van der Waals surface area contributed by atoms with Crippen LogP contribution in [-0.4, -0.2) is 57.8 Å². The van der Waals surface area contributed by atoms with Crippen LogP contribution >= 0.6 is 11.8 Å². The fraction of sp³-hybridized carbons (Fsp3) is 0.423. The van der Waals surface area contributed by atoms with E-state index in [-0.39, 0.29) is 29.7 Å². The molecule has 8 heteroatoms. The molecule has 2 amide bonds. The van der Waals surface area contributed by atoms with E-state index in [4.69, 9.17) is 4.74 Å². The Kier molecular flexibility index (Phi) is 7.16. The minimum absolute atomic E-state index is 0.0798. The summed E-state index contributed by atoms with van der Waals surface area (Å²) >= 11 is 1.42. The second kappa shape index (κ2) is 10.1. The summed E-state index contributed by atoms with van der Waals surface area (Å²) in [5, 5.41) is 12.0. The van der Waals surface area contributed by atoms with Crippen LogP contribution in [0.4, 0.5) is 4.79 Å². The predicted molar refractivity (Wildman–Crippen MR) is 132 cm³/mol. The molecule has 0 aromatic heterocycles. The van der Waals surface area contributed by atoms with E-state index in [0.717, 1.165) is 22.3 Å². The van der Waals surface area contributed by atoms with E-state index >= 15 is 0 Å². The summed E-state index contributed by atoms with van der Waals surface area (Å²) in [7, 11) is 0. The van der Waals surface area contributed by atoms with Crippen molar-refractivity contribution in [2.24, 2.45) is 5.92 Å². The zero-order valence-electron chi connectivity index (χ0n) is 19.6. The summed E-state index contributed by atoms with van der Waals surface area (Å²) < 4.78 is 5.62. The van der Waals surface area contributed by atoms with Crippen molar-refractivity contribution in [2.75, 3.05) is 12.4 Å². The van der Waals surface area contributed by atoms with Crippen molar-refractivity contribution in [3.63, 3.8) is 0 Å². The van der Waals surface area contributed by atoms with Crippen molar-refractivity contribution in [3.05, 3.63) is 59.7 Å². The molecule has 1 aliphatic heterocycles. The number of hydrogen-bond acceptors (Lipinski definition) is 5. The molecule has 0 radical (unpaired) electrons. The van der Waals surface area contributed by atoms with E-state index in [9.17, 15) is 19.5 Å². The van der Waals surface area contributed by atoms with E-state index in [1.54, 1.807) is 0 Å². The summed E-state index contributed by atoms with van der Waals surface area (Å²) in [6.45, 7) is 5.87. The van der Waals surface area contributed by atoms with Crippen molar-refractivity contribution in [1.29, 1.82) is 0 Å². The van der Waals surface area contributed by atoms with Crippen molar-refractivity contribution in [2.45, 2.75) is 50.6 Å². The number of aliphatic carboxylic acids is 1. The standard InChI is InChI=1S/C26H30N2O5S/c1-15(2)12-22(24(29)28-16(3)34-14-23(28)25(30)31)27-26(32)33-13-21-19-10-6-4-8-17(19)18-9-5-7-11-20(18)21/h4-11,15-16,21-23H,12-14H2,1-3H3,(H,27,32)(H,30,31). The number of thioether (sulfide) groups is 1. The number of carboxylic acids is 1. The molecule has 180 valence electrons. The normalized spacial score (nSPS) is 20.1. The number of benzene rings is 2. The molecule has 0 spiro atoms. The Balaban J connectivity index is 1.46. The van der Waals surface area contributed by atoms with Crippen LogP contribution in [0.1, 0.15) is 44.2 Å². The molecule has 4 rings (SSSR count). The smallest absolute Gasteiger partial charge is 0.407 e. The van der Waals surface area contributed by atoms with E-state index in [1.807, 2.05) is 57.2 Å². The number of carbonyl (C=O) groups is 3. The van der Waals surface area contributed by atoms with Crippen molar-refractivity contribution in [3.8, 4) is 11.1 Å². The van der Waals surface area contributed by atoms with Gasteiger partial charge in [-0.15, -0.1) is 11.8 Å². The van der Waals surface area contributed by atoms with Crippen LogP contribution in [-0.2, 0) is 14.3 Å². The Bertz CT molecular complexity index is 1040. The Hall–Kier alpha value is -3.00. The third-order valence-corrected chi connectivity index (χ3v) is 7.62. The first-order valence-corrected chi connectivity index (χ1v) is 12.6. The average molecular weight is 483 g/mol. The SMILES string of the molecule is CC(C)CC(NC(=O)OCC1c2ccccc2-c2ccccc21)C(=O)N1C(C)SCC1C(=O)O. The number of rotatable bonds is 7. The number of carboxylic acid groups (broad SMARTS) is 1. The highest BCUT2D eigenvalue weighted by atomic mass is 32.2. The molecule has 2 N–H and O–H groups in total. The molecule has 2 aliphatic rings. The second-order valence-electron chi connectivity index (χ2n) is 9.18. The summed E-state index contributed by atoms with van der Waals surface area (Å²) in [5.74, 6) is -1.04. The Labute approximate surface area is 203 Å². The predicted octanol–water partition coefficient (Wildman–Crippen LogP) is 4.31. The van der Waals surface area contributed by atoms with Gasteiger partial charge in [-0.05, 0) is 41.5 Å². The topological polar surface area (TPSA) is 95.9 Å². The third-order valence-electron chi connectivity index (χ3n) is 6.40. The molecule has 3 atom stereocenters. The van der Waals surface area contributed by atoms with E-state index in [2.05, 4.69) is 17.4 Å². The lowest BCUT2D eigenvalue weighted by atomic mass is 9.98. The van der Waals surface area contributed by atoms with Crippen molar-refractivity contribution < 1.29 is 24.2 Å². The minimum atomic E-state index is -1.03. The van der Waals surface area contributed by atoms with Crippen molar-refractivity contribution in [1.82, 2.24) is 10.2 Å². The number of nitrogens with one attached hydrogen (secondary N) is 1. The van der Waals surface area contributed by atoms with Gasteiger partial charge in [-0.1, -0.05) is 62.4 Å². The highest BCUT2D eigenvalue weighted by Gasteiger charge is 2.42. The average Bonchev–Trinajstić information content (AvgIpc) is 3.34. The first kappa shape index (κ1) is 24.1. The largest absolute Gasteiger partial charge is 0.480 e. The number of amides is 2. The summed E-state index contributed by atoms with van der Waals surface area (Å²) in [4.78, 5) is 39.2. The lowest BCUT2D eigenvalue weighted by Gasteiger charge is -2.30. The molecule has 0 saturated carbocycles. The Morgan fingerprint density at radius 3 is 2.24 bits per heavy atom. The van der Waals surface area contributed by atoms with Gasteiger partial charge < -0.3 is 20.1 Å². The van der Waals surface area contributed by atoms with Gasteiger partial charge in [-0.25, -0.2) is 9.59 Å². The van der Waals surface area contributed by atoms with Gasteiger partial charge >= 0.3 is 12.1 Å². The van der Waals surface area contributed by atoms with Crippen LogP contribution in [0.5, 0.6) is 0 Å². The van der Waals surface area contributed by atoms with Crippen LogP contribution in [0.25, 0.3) is 11.1 Å². The number of alkyl carbamates (subject to hydrolysis) is 1. The molecule has 1 aliphatic carbocycles. The molecule has 3 unspecified atom stereocenters. The number of ether oxygens (including phenoxy) is 1. The van der Waals surface area contributed by atoms with Gasteiger partial charge in [0.2, 0.25) is 5.91 Å². The molecule has 1 fully saturated rings. The minimum Gasteiger partial charge on any atom is -0.480 e. The maximum atomic E-state index is 13.3. The number of hydrogen-bond donors (Lipinski definition) is 2. The van der Waals surface area contributed by atoms with Crippen LogP contribution in [0.2, 0.25) is 0 Å². The summed E-state index contributed by atoms with van der Waals surface area (Å²) in [5.41, 5.74) is 4.50. The number of nitrogens with zero attached hydrogens (tertiary/aromatic N) is 1. The van der Waals surface area contributed by atoms with E-state index in [0.29, 0.717) is 12.2 Å². The van der Waals surface area contributed by atoms with Gasteiger partial charge in [0, 0.05) is 11.7 Å². The summed E-state index contributed by atoms with van der Waals surface area (Å²) in [6.07, 6.45) is -0.282. The second-order valence-corrected chi connectivity index (χ2v) is 10.5. The molecule has 2 aromatic rings. The molecular weight excluding hydrogens is 452 g/mol. The van der Waals surface area contributed by atoms with Crippen LogP contribution < -0.4 is 5.32 Å². The number of fused-ring (bicyclic) bond motifs is 3. The maximum Gasteiger partial charge on any atom is 0.407 e. The van der Waals surface area contributed by atoms with Gasteiger partial charge in [0.05, 0.1) is 5.37 Å². The first-order chi connectivity index (χ1) is 16.3. The van der Waals surface area contributed by atoms with Crippen LogP contribution in [0.3, 0.4) is 0 Å². The Morgan fingerprint density at radius 2 is 1.68 bits per heavy atom. The van der Waals surface area contributed by atoms with Gasteiger partial charge in [-0.2, -0.15) is 0 Å². The monoisotopic (exact) mass is 482 g/mol. The molecule has 1 saturated heterocycles. The van der Waals surface area contributed by atoms with Gasteiger partial charge in [0.1, 0.15) is 18.7 Å². The molecule has 0 bridgehead atoms. The van der Waals surface area contributed by atoms with E-state index < -0.39 is 24.1 Å². The van der Waals surface area contributed by atoms with Gasteiger partial charge in [0.25, 0.3) is 0 Å². The highest BCUT2D eigenvalue weighted by molar-refractivity contribution is 8.00. The fourth-order valence-corrected chi connectivity index (χ4v) is 6.00. The first-order valence-electron chi connectivity index (χ1n) is 11.6. The Morgan fingerprint density at radius 1 is 1.09 bits per heavy atom. The molecular formula is C26H30N2O5S. The van der Waals surface area contributed by atoms with E-state index in [1.165, 1.54) is 16.7 Å². The highest BCUT2D eigenvalue weighted by Crippen LogP contribution is 2.44. The van der Waals surface area contributed by atoms with Crippen molar-refractivity contribution >= 4 is 29.7 Å². The zero-order chi connectivity index (χ0) is 24.4.